The van der Waals surface area contributed by atoms with Gasteiger partial charge in [-0.1, -0.05) is 0 Å². The summed E-state index contributed by atoms with van der Waals surface area (Å²) >= 11 is 0. The first-order valence-corrected chi connectivity index (χ1v) is 0.928. The van der Waals surface area contributed by atoms with Crippen molar-refractivity contribution in [2.75, 3.05) is 0 Å². The Morgan fingerprint density at radius 1 is 0.909 bits per heavy atom. The molecular weight excluding hydrogens is 241 g/mol. The maximum absolute atomic E-state index is 9.00. The molecular formula is C2H16O8Y. The van der Waals surface area contributed by atoms with Crippen LogP contribution in [0.15, 0.2) is 0 Å². The Balaban J connectivity index is -0.00000000214. The zero-order chi connectivity index (χ0) is 3.58. The van der Waals surface area contributed by atoms with E-state index in [1.54, 1.807) is 0 Å². The first kappa shape index (κ1) is 109. The molecule has 13 N–H and O–H groups in total. The number of carboxylic acids is 1. The van der Waals surface area contributed by atoms with Crippen LogP contribution in [0.1, 0.15) is 6.92 Å². The fourth-order valence-corrected chi connectivity index (χ4v) is 0. The first-order chi connectivity index (χ1) is 1.73. The third kappa shape index (κ3) is 6440. The summed E-state index contributed by atoms with van der Waals surface area (Å²) < 4.78 is 0. The number of aliphatic carboxylic acids is 1. The van der Waals surface area contributed by atoms with Gasteiger partial charge in [0.1, 0.15) is 0 Å². The van der Waals surface area contributed by atoms with E-state index < -0.39 is 5.97 Å². The molecule has 0 heterocycles. The minimum Gasteiger partial charge on any atom is -0.481 e. The van der Waals surface area contributed by atoms with Gasteiger partial charge in [-0.15, -0.1) is 0 Å². The van der Waals surface area contributed by atoms with E-state index in [1.807, 2.05) is 0 Å². The SMILES string of the molecule is CC(=O)O.O.O.O.O.O.O.[Y]. The summed E-state index contributed by atoms with van der Waals surface area (Å²) in [6, 6.07) is 0. The van der Waals surface area contributed by atoms with Crippen LogP contribution in [0.5, 0.6) is 0 Å². The van der Waals surface area contributed by atoms with Crippen LogP contribution in [0.3, 0.4) is 0 Å². The molecule has 0 atom stereocenters. The second-order valence-electron chi connectivity index (χ2n) is 0.519. The van der Waals surface area contributed by atoms with Crippen molar-refractivity contribution in [2.45, 2.75) is 6.92 Å². The van der Waals surface area contributed by atoms with Crippen LogP contribution in [-0.4, -0.2) is 43.9 Å². The predicted molar refractivity (Wildman–Crippen MR) is 35.0 cm³/mol. The van der Waals surface area contributed by atoms with Crippen LogP contribution in [0.25, 0.3) is 0 Å². The fourth-order valence-electron chi connectivity index (χ4n) is 0. The molecule has 0 saturated carbocycles. The van der Waals surface area contributed by atoms with E-state index >= 15 is 0 Å². The van der Waals surface area contributed by atoms with Crippen LogP contribution in [0.2, 0.25) is 0 Å². The summed E-state index contributed by atoms with van der Waals surface area (Å²) in [5.74, 6) is -0.833. The summed E-state index contributed by atoms with van der Waals surface area (Å²) in [4.78, 5) is 9.00. The molecule has 0 aliphatic carbocycles. The molecule has 11 heavy (non-hydrogen) atoms. The Labute approximate surface area is 88.3 Å². The van der Waals surface area contributed by atoms with Crippen LogP contribution in [0, 0.1) is 0 Å². The summed E-state index contributed by atoms with van der Waals surface area (Å²) in [6.07, 6.45) is 0. The van der Waals surface area contributed by atoms with E-state index in [4.69, 9.17) is 9.90 Å². The maximum atomic E-state index is 9.00. The van der Waals surface area contributed by atoms with Gasteiger partial charge in [0.25, 0.3) is 5.97 Å². The van der Waals surface area contributed by atoms with Gasteiger partial charge in [0.05, 0.1) is 0 Å². The smallest absolute Gasteiger partial charge is 0.300 e. The van der Waals surface area contributed by atoms with Gasteiger partial charge < -0.3 is 38.0 Å². The van der Waals surface area contributed by atoms with Crippen molar-refractivity contribution in [1.29, 1.82) is 0 Å². The Morgan fingerprint density at radius 2 is 0.909 bits per heavy atom. The molecule has 9 heteroatoms. The second kappa shape index (κ2) is 81.0. The van der Waals surface area contributed by atoms with Gasteiger partial charge in [0.2, 0.25) is 0 Å². The molecule has 0 saturated heterocycles. The third-order valence-electron chi connectivity index (χ3n) is 0. The molecule has 75 valence electrons. The number of carbonyl (C=O) groups is 1. The summed E-state index contributed by atoms with van der Waals surface area (Å²) in [6.45, 7) is 1.08. The van der Waals surface area contributed by atoms with Crippen LogP contribution < -0.4 is 0 Å². The van der Waals surface area contributed by atoms with Crippen molar-refractivity contribution < 1.29 is 75.5 Å². The predicted octanol–water partition coefficient (Wildman–Crippen LogP) is -4.86. The van der Waals surface area contributed by atoms with Gasteiger partial charge >= 0.3 is 0 Å². The third-order valence-corrected chi connectivity index (χ3v) is 0. The van der Waals surface area contributed by atoms with Gasteiger partial charge in [-0.2, -0.15) is 0 Å². The molecule has 1 radical (unpaired) electrons. The first-order valence-electron chi connectivity index (χ1n) is 0.928. The quantitative estimate of drug-likeness (QED) is 0.449. The van der Waals surface area contributed by atoms with Crippen molar-refractivity contribution >= 4 is 5.97 Å². The molecule has 0 aromatic rings. The zero-order valence-electron chi connectivity index (χ0n) is 5.93. The van der Waals surface area contributed by atoms with E-state index in [0.29, 0.717) is 0 Å². The molecule has 0 spiro atoms. The summed E-state index contributed by atoms with van der Waals surface area (Å²) in [5, 5.41) is 7.42. The van der Waals surface area contributed by atoms with Gasteiger partial charge in [0.15, 0.2) is 0 Å². The molecule has 0 aromatic carbocycles. The molecule has 0 amide bonds. The fraction of sp³-hybridized carbons (Fsp3) is 0.500. The molecule has 0 aromatic heterocycles. The standard InChI is InChI=1S/C2H4O2.6H2O.Y/c1-2(3)4;;;;;;;/h1H3,(H,3,4);6*1H2;. The monoisotopic (exact) mass is 257 g/mol. The number of hydrogen-bond acceptors (Lipinski definition) is 1. The van der Waals surface area contributed by atoms with Gasteiger partial charge in [-0.05, 0) is 0 Å². The van der Waals surface area contributed by atoms with Gasteiger partial charge in [-0.25, -0.2) is 0 Å². The maximum Gasteiger partial charge on any atom is 0.300 e. The molecule has 0 aliphatic heterocycles. The Morgan fingerprint density at radius 3 is 0.909 bits per heavy atom. The van der Waals surface area contributed by atoms with Crippen LogP contribution in [-0.2, 0) is 37.5 Å². The van der Waals surface area contributed by atoms with Crippen molar-refractivity contribution in [2.24, 2.45) is 0 Å². The van der Waals surface area contributed by atoms with Gasteiger partial charge in [-0.3, -0.25) is 4.79 Å². The molecule has 8 nitrogen and oxygen atoms in total. The van der Waals surface area contributed by atoms with E-state index in [1.165, 1.54) is 0 Å². The Hall–Kier alpha value is 0.334. The molecule has 0 rings (SSSR count). The summed E-state index contributed by atoms with van der Waals surface area (Å²) in [5.41, 5.74) is 0. The average Bonchev–Trinajstić information content (AvgIpc) is 0.811. The number of rotatable bonds is 0. The topological polar surface area (TPSA) is 226 Å². The van der Waals surface area contributed by atoms with Crippen molar-refractivity contribution in [1.82, 2.24) is 0 Å². The van der Waals surface area contributed by atoms with Crippen LogP contribution >= 0.6 is 0 Å². The van der Waals surface area contributed by atoms with E-state index in [2.05, 4.69) is 0 Å². The Bertz CT molecular complexity index is 35.1. The number of carboxylic acid groups (broad SMARTS) is 1. The molecule has 0 fully saturated rings. The Kier molecular flexibility index (Phi) is 802. The normalized spacial score (nSPS) is 2.27. The van der Waals surface area contributed by atoms with E-state index in [0.717, 1.165) is 6.92 Å². The van der Waals surface area contributed by atoms with E-state index in [9.17, 15) is 0 Å². The molecule has 0 bridgehead atoms. The molecule has 0 aliphatic rings. The van der Waals surface area contributed by atoms with Crippen LogP contribution in [0.4, 0.5) is 0 Å². The largest absolute Gasteiger partial charge is 0.481 e. The van der Waals surface area contributed by atoms with Crippen molar-refractivity contribution in [3.05, 3.63) is 0 Å². The second-order valence-corrected chi connectivity index (χ2v) is 0.519. The minimum absolute atomic E-state index is 0. The van der Waals surface area contributed by atoms with E-state index in [-0.39, 0.29) is 65.6 Å². The van der Waals surface area contributed by atoms with Crippen molar-refractivity contribution in [3.8, 4) is 0 Å². The van der Waals surface area contributed by atoms with Crippen molar-refractivity contribution in [3.63, 3.8) is 0 Å². The zero-order valence-corrected chi connectivity index (χ0v) is 8.77. The minimum atomic E-state index is -0.833. The average molecular weight is 257 g/mol. The summed E-state index contributed by atoms with van der Waals surface area (Å²) in [7, 11) is 0. The van der Waals surface area contributed by atoms with Gasteiger partial charge in [0, 0.05) is 39.6 Å². The molecule has 0 unspecified atom stereocenters. The number of hydrogen-bond donors (Lipinski definition) is 1.